The summed E-state index contributed by atoms with van der Waals surface area (Å²) in [5.74, 6) is 0.0868. The minimum absolute atomic E-state index is 0.0868. The molecule has 0 saturated carbocycles. The largest absolute Gasteiger partial charge is 0.385 e. The van der Waals surface area contributed by atoms with Crippen molar-refractivity contribution in [3.8, 4) is 0 Å². The van der Waals surface area contributed by atoms with E-state index in [0.29, 0.717) is 11.7 Å². The van der Waals surface area contributed by atoms with Gasteiger partial charge in [0.15, 0.2) is 0 Å². The van der Waals surface area contributed by atoms with Crippen molar-refractivity contribution in [2.45, 2.75) is 64.8 Å². The molecule has 4 heteroatoms. The third-order valence-electron chi connectivity index (χ3n) is 4.45. The van der Waals surface area contributed by atoms with Gasteiger partial charge in [0.25, 0.3) is 5.91 Å². The molecule has 0 aromatic carbocycles. The van der Waals surface area contributed by atoms with E-state index in [1.807, 2.05) is 17.0 Å². The highest BCUT2D eigenvalue weighted by Crippen LogP contribution is 2.22. The summed E-state index contributed by atoms with van der Waals surface area (Å²) in [5.41, 5.74) is 1.57. The van der Waals surface area contributed by atoms with Crippen molar-refractivity contribution in [1.29, 1.82) is 0 Å². The quantitative estimate of drug-likeness (QED) is 0.772. The Labute approximate surface area is 134 Å². The fourth-order valence-corrected chi connectivity index (χ4v) is 3.10. The lowest BCUT2D eigenvalue weighted by atomic mass is 9.99. The van der Waals surface area contributed by atoms with E-state index < -0.39 is 0 Å². The maximum atomic E-state index is 12.7. The van der Waals surface area contributed by atoms with Crippen molar-refractivity contribution in [2.24, 2.45) is 0 Å². The zero-order valence-electron chi connectivity index (χ0n) is 14.0. The minimum Gasteiger partial charge on any atom is -0.385 e. The molecule has 0 radical (unpaired) electrons. The number of hydrogen-bond acceptors (Lipinski definition) is 3. The van der Waals surface area contributed by atoms with Crippen molar-refractivity contribution in [1.82, 2.24) is 9.88 Å². The van der Waals surface area contributed by atoms with Gasteiger partial charge in [-0.3, -0.25) is 9.78 Å². The van der Waals surface area contributed by atoms with E-state index in [9.17, 15) is 4.79 Å². The number of likely N-dealkylation sites (tertiary alicyclic amines) is 1. The van der Waals surface area contributed by atoms with E-state index in [2.05, 4.69) is 24.1 Å². The Hall–Kier alpha value is -1.58. The number of carbonyl (C=O) groups excluding carboxylic acids is 1. The normalized spacial score (nSPS) is 18.3. The first-order valence-corrected chi connectivity index (χ1v) is 8.77. The van der Waals surface area contributed by atoms with Gasteiger partial charge in [0.2, 0.25) is 0 Å². The van der Waals surface area contributed by atoms with Crippen molar-refractivity contribution in [3.05, 3.63) is 24.0 Å². The van der Waals surface area contributed by atoms with Gasteiger partial charge in [-0.15, -0.1) is 0 Å². The molecule has 1 aromatic heterocycles. The summed E-state index contributed by atoms with van der Waals surface area (Å²) in [4.78, 5) is 19.1. The molecule has 4 nitrogen and oxygen atoms in total. The molecule has 1 aliphatic heterocycles. The number of nitrogens with one attached hydrogen (secondary N) is 1. The molecule has 0 spiro atoms. The van der Waals surface area contributed by atoms with Crippen LogP contribution in [0.2, 0.25) is 0 Å². The predicted octanol–water partition coefficient (Wildman–Crippen LogP) is 4.09. The Balaban J connectivity index is 1.99. The molecule has 0 aliphatic carbocycles. The molecule has 1 amide bonds. The van der Waals surface area contributed by atoms with Crippen molar-refractivity contribution >= 4 is 11.6 Å². The Kier molecular flexibility index (Phi) is 6.69. The fourth-order valence-electron chi connectivity index (χ4n) is 3.10. The molecule has 1 fully saturated rings. The highest BCUT2D eigenvalue weighted by Gasteiger charge is 2.26. The molecule has 1 N–H and O–H groups in total. The maximum absolute atomic E-state index is 12.7. The minimum atomic E-state index is 0.0868. The number of anilines is 1. The van der Waals surface area contributed by atoms with E-state index in [0.717, 1.165) is 44.5 Å². The molecule has 2 rings (SSSR count). The molecule has 2 heterocycles. The van der Waals surface area contributed by atoms with E-state index in [4.69, 9.17) is 0 Å². The summed E-state index contributed by atoms with van der Waals surface area (Å²) in [7, 11) is 0. The van der Waals surface area contributed by atoms with Crippen molar-refractivity contribution in [3.63, 3.8) is 0 Å². The molecule has 1 saturated heterocycles. The van der Waals surface area contributed by atoms with Crippen LogP contribution in [-0.2, 0) is 0 Å². The Bertz CT molecular complexity index is 475. The highest BCUT2D eigenvalue weighted by molar-refractivity contribution is 5.93. The summed E-state index contributed by atoms with van der Waals surface area (Å²) < 4.78 is 0. The second-order valence-corrected chi connectivity index (χ2v) is 6.12. The van der Waals surface area contributed by atoms with Crippen LogP contribution in [-0.4, -0.2) is 34.9 Å². The molecule has 0 bridgehead atoms. The smallest absolute Gasteiger partial charge is 0.272 e. The lowest BCUT2D eigenvalue weighted by molar-refractivity contribution is 0.0602. The number of piperidine rings is 1. The lowest BCUT2D eigenvalue weighted by Gasteiger charge is -2.35. The first kappa shape index (κ1) is 16.8. The number of amides is 1. The van der Waals surface area contributed by atoms with Crippen LogP contribution < -0.4 is 5.32 Å². The van der Waals surface area contributed by atoms with E-state index >= 15 is 0 Å². The number of nitrogens with zero attached hydrogens (tertiary/aromatic N) is 2. The van der Waals surface area contributed by atoms with Crippen LogP contribution in [0.1, 0.15) is 69.3 Å². The van der Waals surface area contributed by atoms with Crippen molar-refractivity contribution < 1.29 is 4.79 Å². The first-order valence-electron chi connectivity index (χ1n) is 8.77. The molecule has 1 unspecified atom stereocenters. The zero-order valence-corrected chi connectivity index (χ0v) is 14.0. The molecular formula is C18H29N3O. The summed E-state index contributed by atoms with van der Waals surface area (Å²) in [5, 5.41) is 3.39. The van der Waals surface area contributed by atoms with Crippen LogP contribution in [0.3, 0.4) is 0 Å². The molecule has 1 aliphatic rings. The summed E-state index contributed by atoms with van der Waals surface area (Å²) >= 11 is 0. The standard InChI is InChI=1S/C18H29N3O/c1-3-5-7-11-19-15-10-12-20-17(14-15)18(22)21-13-8-6-9-16(21)4-2/h10,12,14,16H,3-9,11,13H2,1-2H3,(H,19,20). The fraction of sp³-hybridized carbons (Fsp3) is 0.667. The summed E-state index contributed by atoms with van der Waals surface area (Å²) in [6.07, 6.45) is 9.83. The third-order valence-corrected chi connectivity index (χ3v) is 4.45. The van der Waals surface area contributed by atoms with Crippen LogP contribution >= 0.6 is 0 Å². The van der Waals surface area contributed by atoms with Crippen LogP contribution in [0.15, 0.2) is 18.3 Å². The van der Waals surface area contributed by atoms with Gasteiger partial charge in [-0.25, -0.2) is 0 Å². The second-order valence-electron chi connectivity index (χ2n) is 6.12. The highest BCUT2D eigenvalue weighted by atomic mass is 16.2. The Morgan fingerprint density at radius 3 is 3.00 bits per heavy atom. The molecular weight excluding hydrogens is 274 g/mol. The van der Waals surface area contributed by atoms with Crippen LogP contribution in [0.5, 0.6) is 0 Å². The zero-order chi connectivity index (χ0) is 15.8. The van der Waals surface area contributed by atoms with Gasteiger partial charge in [0.1, 0.15) is 5.69 Å². The van der Waals surface area contributed by atoms with Gasteiger partial charge >= 0.3 is 0 Å². The van der Waals surface area contributed by atoms with E-state index in [1.165, 1.54) is 19.3 Å². The topological polar surface area (TPSA) is 45.2 Å². The molecule has 122 valence electrons. The summed E-state index contributed by atoms with van der Waals surface area (Å²) in [6, 6.07) is 4.22. The number of unbranched alkanes of at least 4 members (excludes halogenated alkanes) is 2. The number of pyridine rings is 1. The average Bonchev–Trinajstić information content (AvgIpc) is 2.58. The number of carbonyl (C=O) groups is 1. The van der Waals surface area contributed by atoms with E-state index in [1.54, 1.807) is 6.20 Å². The number of rotatable bonds is 7. The van der Waals surface area contributed by atoms with Gasteiger partial charge in [-0.05, 0) is 44.2 Å². The Morgan fingerprint density at radius 2 is 2.23 bits per heavy atom. The van der Waals surface area contributed by atoms with Crippen LogP contribution in [0.4, 0.5) is 5.69 Å². The Morgan fingerprint density at radius 1 is 1.36 bits per heavy atom. The maximum Gasteiger partial charge on any atom is 0.272 e. The second kappa shape index (κ2) is 8.76. The van der Waals surface area contributed by atoms with Gasteiger partial charge in [0.05, 0.1) is 0 Å². The van der Waals surface area contributed by atoms with Gasteiger partial charge < -0.3 is 10.2 Å². The van der Waals surface area contributed by atoms with Gasteiger partial charge in [0, 0.05) is 31.0 Å². The SMILES string of the molecule is CCCCCNc1ccnc(C(=O)N2CCCCC2CC)c1. The van der Waals surface area contributed by atoms with E-state index in [-0.39, 0.29) is 5.91 Å². The van der Waals surface area contributed by atoms with Crippen LogP contribution in [0.25, 0.3) is 0 Å². The summed E-state index contributed by atoms with van der Waals surface area (Å²) in [6.45, 7) is 6.18. The number of hydrogen-bond donors (Lipinski definition) is 1. The predicted molar refractivity (Wildman–Crippen MR) is 91.2 cm³/mol. The van der Waals surface area contributed by atoms with Gasteiger partial charge in [-0.1, -0.05) is 26.7 Å². The molecule has 1 atom stereocenters. The molecule has 1 aromatic rings. The number of aromatic nitrogens is 1. The lowest BCUT2D eigenvalue weighted by Crippen LogP contribution is -2.43. The first-order chi connectivity index (χ1) is 10.8. The van der Waals surface area contributed by atoms with Crippen molar-refractivity contribution in [2.75, 3.05) is 18.4 Å². The molecule has 22 heavy (non-hydrogen) atoms. The van der Waals surface area contributed by atoms with Gasteiger partial charge in [-0.2, -0.15) is 0 Å². The third kappa shape index (κ3) is 4.46. The van der Waals surface area contributed by atoms with Crippen LogP contribution in [0, 0.1) is 0 Å². The monoisotopic (exact) mass is 303 g/mol. The average molecular weight is 303 g/mol.